The zero-order valence-electron chi connectivity index (χ0n) is 11.7. The Bertz CT molecular complexity index is 659. The largest absolute Gasteiger partial charge is 0.360 e. The minimum Gasteiger partial charge on any atom is -0.360 e. The molecule has 7 heteroatoms. The smallest absolute Gasteiger partial charge is 0.247 e. The molecule has 0 saturated heterocycles. The SMILES string of the molecule is C/C(=C\c1cccs1)C(=O)NCC(=O)Nc1cc(C)on1. The standard InChI is InChI=1S/C14H15N3O3S/c1-9(6-11-4-3-5-21-11)14(19)15-8-13(18)16-12-7-10(2)20-17-12/h3-7H,8H2,1-2H3,(H,15,19)(H,16,17,18)/b9-6+. The Labute approximate surface area is 125 Å². The van der Waals surface area contributed by atoms with E-state index in [4.69, 9.17) is 4.52 Å². The lowest BCUT2D eigenvalue weighted by molar-refractivity contribution is -0.121. The van der Waals surface area contributed by atoms with Gasteiger partial charge in [0.15, 0.2) is 5.82 Å². The monoisotopic (exact) mass is 305 g/mol. The number of nitrogens with one attached hydrogen (secondary N) is 2. The maximum Gasteiger partial charge on any atom is 0.247 e. The van der Waals surface area contributed by atoms with Gasteiger partial charge in [0.2, 0.25) is 11.8 Å². The first-order chi connectivity index (χ1) is 10.0. The van der Waals surface area contributed by atoms with E-state index in [1.165, 1.54) is 0 Å². The van der Waals surface area contributed by atoms with Gasteiger partial charge < -0.3 is 15.2 Å². The molecule has 0 fully saturated rings. The van der Waals surface area contributed by atoms with Crippen molar-refractivity contribution in [3.63, 3.8) is 0 Å². The van der Waals surface area contributed by atoms with Crippen molar-refractivity contribution in [1.82, 2.24) is 10.5 Å². The van der Waals surface area contributed by atoms with Gasteiger partial charge in [0, 0.05) is 16.5 Å². The van der Waals surface area contributed by atoms with E-state index in [0.717, 1.165) is 4.88 Å². The predicted molar refractivity (Wildman–Crippen MR) is 80.8 cm³/mol. The number of hydrogen-bond acceptors (Lipinski definition) is 5. The van der Waals surface area contributed by atoms with Crippen molar-refractivity contribution in [2.75, 3.05) is 11.9 Å². The number of thiophene rings is 1. The van der Waals surface area contributed by atoms with E-state index >= 15 is 0 Å². The summed E-state index contributed by atoms with van der Waals surface area (Å²) in [6.07, 6.45) is 1.78. The second-order valence-corrected chi connectivity index (χ2v) is 5.38. The summed E-state index contributed by atoms with van der Waals surface area (Å²) in [5.41, 5.74) is 0.544. The van der Waals surface area contributed by atoms with Crippen LogP contribution in [0.1, 0.15) is 17.6 Å². The molecular formula is C14H15N3O3S. The Morgan fingerprint density at radius 3 is 2.90 bits per heavy atom. The van der Waals surface area contributed by atoms with Gasteiger partial charge in [-0.2, -0.15) is 0 Å². The Hall–Kier alpha value is -2.41. The number of carbonyl (C=O) groups is 2. The highest BCUT2D eigenvalue weighted by Gasteiger charge is 2.09. The zero-order valence-corrected chi connectivity index (χ0v) is 12.5. The van der Waals surface area contributed by atoms with Gasteiger partial charge in [-0.05, 0) is 31.4 Å². The Balaban J connectivity index is 1.82. The van der Waals surface area contributed by atoms with Crippen molar-refractivity contribution in [3.8, 4) is 0 Å². The predicted octanol–water partition coefficient (Wildman–Crippen LogP) is 2.20. The summed E-state index contributed by atoms with van der Waals surface area (Å²) >= 11 is 1.54. The Morgan fingerprint density at radius 1 is 1.48 bits per heavy atom. The fourth-order valence-electron chi connectivity index (χ4n) is 1.56. The molecule has 0 bridgehead atoms. The maximum absolute atomic E-state index is 11.8. The molecule has 0 aromatic carbocycles. The van der Waals surface area contributed by atoms with E-state index in [2.05, 4.69) is 15.8 Å². The van der Waals surface area contributed by atoms with Crippen molar-refractivity contribution < 1.29 is 14.1 Å². The van der Waals surface area contributed by atoms with Gasteiger partial charge in [-0.1, -0.05) is 11.2 Å². The molecule has 2 N–H and O–H groups in total. The van der Waals surface area contributed by atoms with Gasteiger partial charge >= 0.3 is 0 Å². The summed E-state index contributed by atoms with van der Waals surface area (Å²) in [5.74, 6) is 0.289. The molecule has 2 amide bonds. The fourth-order valence-corrected chi connectivity index (χ4v) is 2.28. The lowest BCUT2D eigenvalue weighted by Crippen LogP contribution is -2.33. The van der Waals surface area contributed by atoms with E-state index < -0.39 is 0 Å². The van der Waals surface area contributed by atoms with E-state index in [1.54, 1.807) is 37.3 Å². The molecule has 0 spiro atoms. The lowest BCUT2D eigenvalue weighted by atomic mass is 10.2. The van der Waals surface area contributed by atoms with Crippen LogP contribution in [-0.2, 0) is 9.59 Å². The summed E-state index contributed by atoms with van der Waals surface area (Å²) in [5, 5.41) is 10.6. The number of rotatable bonds is 5. The van der Waals surface area contributed by atoms with Crippen LogP contribution >= 0.6 is 11.3 Å². The zero-order chi connectivity index (χ0) is 15.2. The molecule has 2 heterocycles. The Morgan fingerprint density at radius 2 is 2.29 bits per heavy atom. The molecule has 0 aliphatic heterocycles. The molecule has 21 heavy (non-hydrogen) atoms. The van der Waals surface area contributed by atoms with Crippen molar-refractivity contribution in [3.05, 3.63) is 39.8 Å². The first-order valence-electron chi connectivity index (χ1n) is 6.28. The van der Waals surface area contributed by atoms with Crippen LogP contribution in [0.2, 0.25) is 0 Å². The van der Waals surface area contributed by atoms with E-state index in [-0.39, 0.29) is 18.4 Å². The summed E-state index contributed by atoms with van der Waals surface area (Å²) in [4.78, 5) is 24.5. The van der Waals surface area contributed by atoms with E-state index in [9.17, 15) is 9.59 Å². The number of aryl methyl sites for hydroxylation is 1. The highest BCUT2D eigenvalue weighted by molar-refractivity contribution is 7.10. The summed E-state index contributed by atoms with van der Waals surface area (Å²) in [6.45, 7) is 3.30. The normalized spacial score (nSPS) is 11.2. The molecule has 0 saturated carbocycles. The van der Waals surface area contributed by atoms with Crippen LogP contribution in [0.4, 0.5) is 5.82 Å². The van der Waals surface area contributed by atoms with Crippen LogP contribution in [0.5, 0.6) is 0 Å². The van der Waals surface area contributed by atoms with Gasteiger partial charge in [0.05, 0.1) is 6.54 Å². The average molecular weight is 305 g/mol. The van der Waals surface area contributed by atoms with Gasteiger partial charge in [0.25, 0.3) is 0 Å². The molecule has 110 valence electrons. The Kier molecular flexibility index (Phi) is 4.89. The third-order valence-corrected chi connectivity index (χ3v) is 3.38. The fraction of sp³-hybridized carbons (Fsp3) is 0.214. The molecule has 2 aromatic heterocycles. The second-order valence-electron chi connectivity index (χ2n) is 4.40. The molecule has 6 nitrogen and oxygen atoms in total. The van der Waals surface area contributed by atoms with E-state index in [0.29, 0.717) is 17.2 Å². The number of anilines is 1. The maximum atomic E-state index is 11.8. The quantitative estimate of drug-likeness (QED) is 0.829. The van der Waals surface area contributed by atoms with Crippen molar-refractivity contribution >= 4 is 35.0 Å². The van der Waals surface area contributed by atoms with Crippen LogP contribution in [-0.4, -0.2) is 23.5 Å². The van der Waals surface area contributed by atoms with Crippen molar-refractivity contribution in [2.45, 2.75) is 13.8 Å². The van der Waals surface area contributed by atoms with Gasteiger partial charge in [-0.25, -0.2) is 0 Å². The average Bonchev–Trinajstić information content (AvgIpc) is 3.08. The third-order valence-electron chi connectivity index (χ3n) is 2.57. The van der Waals surface area contributed by atoms with Gasteiger partial charge in [-0.3, -0.25) is 9.59 Å². The lowest BCUT2D eigenvalue weighted by Gasteiger charge is -2.04. The highest BCUT2D eigenvalue weighted by atomic mass is 32.1. The summed E-state index contributed by atoms with van der Waals surface area (Å²) < 4.78 is 4.83. The molecule has 2 aromatic rings. The van der Waals surface area contributed by atoms with Crippen molar-refractivity contribution in [1.29, 1.82) is 0 Å². The van der Waals surface area contributed by atoms with Crippen LogP contribution in [0.3, 0.4) is 0 Å². The van der Waals surface area contributed by atoms with Gasteiger partial charge in [-0.15, -0.1) is 11.3 Å². The van der Waals surface area contributed by atoms with Gasteiger partial charge in [0.1, 0.15) is 5.76 Å². The van der Waals surface area contributed by atoms with Crippen LogP contribution in [0, 0.1) is 6.92 Å². The number of nitrogens with zero attached hydrogens (tertiary/aromatic N) is 1. The van der Waals surface area contributed by atoms with Crippen LogP contribution in [0.25, 0.3) is 6.08 Å². The molecule has 0 unspecified atom stereocenters. The first-order valence-corrected chi connectivity index (χ1v) is 7.16. The molecule has 0 radical (unpaired) electrons. The second kappa shape index (κ2) is 6.85. The molecule has 0 aliphatic rings. The van der Waals surface area contributed by atoms with Crippen molar-refractivity contribution in [2.24, 2.45) is 0 Å². The van der Waals surface area contributed by atoms with Crippen LogP contribution < -0.4 is 10.6 Å². The highest BCUT2D eigenvalue weighted by Crippen LogP contribution is 2.13. The first kappa shape index (κ1) is 15.0. The minimum absolute atomic E-state index is 0.125. The number of carbonyl (C=O) groups excluding carboxylic acids is 2. The summed E-state index contributed by atoms with van der Waals surface area (Å²) in [7, 11) is 0. The topological polar surface area (TPSA) is 84.2 Å². The molecule has 2 rings (SSSR count). The summed E-state index contributed by atoms with van der Waals surface area (Å²) in [6, 6.07) is 5.43. The number of aromatic nitrogens is 1. The third kappa shape index (κ3) is 4.57. The minimum atomic E-state index is -0.361. The van der Waals surface area contributed by atoms with E-state index in [1.807, 2.05) is 17.5 Å². The molecule has 0 atom stereocenters. The number of amides is 2. The number of hydrogen-bond donors (Lipinski definition) is 2. The molecule has 0 aliphatic carbocycles. The van der Waals surface area contributed by atoms with Crippen LogP contribution in [0.15, 0.2) is 33.7 Å². The molecular weight excluding hydrogens is 290 g/mol.